The van der Waals surface area contributed by atoms with E-state index in [0.29, 0.717) is 38.1 Å². The summed E-state index contributed by atoms with van der Waals surface area (Å²) in [4.78, 5) is 4.60. The molecule has 2 rings (SSSR count). The SMILES string of the molecule is CCNC(=NCCC(C)c1ccc(OC)cc1)NCCS(=O)(=O)N1CCSCC1. The number of thioether (sulfide) groups is 1. The van der Waals surface area contributed by atoms with E-state index in [1.807, 2.05) is 19.1 Å². The largest absolute Gasteiger partial charge is 0.497 e. The number of nitrogens with zero attached hydrogens (tertiary/aromatic N) is 2. The van der Waals surface area contributed by atoms with E-state index in [2.05, 4.69) is 34.7 Å². The Kier molecular flexibility index (Phi) is 10.1. The van der Waals surface area contributed by atoms with Gasteiger partial charge >= 0.3 is 0 Å². The molecule has 0 aliphatic carbocycles. The summed E-state index contributed by atoms with van der Waals surface area (Å²) in [5.41, 5.74) is 1.25. The van der Waals surface area contributed by atoms with Gasteiger partial charge < -0.3 is 15.4 Å². The number of hydrogen-bond acceptors (Lipinski definition) is 5. The zero-order valence-corrected chi connectivity index (χ0v) is 19.3. The van der Waals surface area contributed by atoms with Crippen LogP contribution in [-0.2, 0) is 10.0 Å². The van der Waals surface area contributed by atoms with Gasteiger partial charge in [-0.1, -0.05) is 19.1 Å². The predicted molar refractivity (Wildman–Crippen MR) is 123 cm³/mol. The molecule has 2 N–H and O–H groups in total. The van der Waals surface area contributed by atoms with Crippen molar-refractivity contribution in [3.63, 3.8) is 0 Å². The van der Waals surface area contributed by atoms with Crippen molar-refractivity contribution in [2.24, 2.45) is 4.99 Å². The first-order chi connectivity index (χ1) is 14.0. The van der Waals surface area contributed by atoms with Crippen LogP contribution in [0.15, 0.2) is 29.3 Å². The van der Waals surface area contributed by atoms with Crippen molar-refractivity contribution in [3.8, 4) is 5.75 Å². The molecule has 164 valence electrons. The van der Waals surface area contributed by atoms with Crippen LogP contribution < -0.4 is 15.4 Å². The summed E-state index contributed by atoms with van der Waals surface area (Å²) < 4.78 is 31.7. The van der Waals surface area contributed by atoms with Gasteiger partial charge in [0.25, 0.3) is 0 Å². The number of hydrogen-bond donors (Lipinski definition) is 2. The highest BCUT2D eigenvalue weighted by Crippen LogP contribution is 2.21. The number of sulfonamides is 1. The van der Waals surface area contributed by atoms with Gasteiger partial charge in [0.15, 0.2) is 5.96 Å². The Morgan fingerprint density at radius 1 is 1.24 bits per heavy atom. The number of methoxy groups -OCH3 is 1. The molecule has 1 aromatic carbocycles. The number of rotatable bonds is 10. The van der Waals surface area contributed by atoms with E-state index in [4.69, 9.17) is 4.74 Å². The summed E-state index contributed by atoms with van der Waals surface area (Å²) in [6, 6.07) is 8.12. The third-order valence-electron chi connectivity index (χ3n) is 4.88. The molecule has 1 aliphatic rings. The molecule has 0 saturated carbocycles. The minimum Gasteiger partial charge on any atom is -0.497 e. The zero-order chi connectivity index (χ0) is 21.1. The molecular formula is C20H34N4O3S2. The first-order valence-electron chi connectivity index (χ1n) is 10.2. The molecule has 1 saturated heterocycles. The summed E-state index contributed by atoms with van der Waals surface area (Å²) >= 11 is 1.80. The van der Waals surface area contributed by atoms with E-state index in [0.717, 1.165) is 30.2 Å². The molecule has 1 fully saturated rings. The fraction of sp³-hybridized carbons (Fsp3) is 0.650. The second kappa shape index (κ2) is 12.3. The second-order valence-electron chi connectivity index (χ2n) is 6.98. The highest BCUT2D eigenvalue weighted by Gasteiger charge is 2.23. The Balaban J connectivity index is 1.80. The van der Waals surface area contributed by atoms with Gasteiger partial charge in [0.2, 0.25) is 10.0 Å². The Labute approximate surface area is 179 Å². The zero-order valence-electron chi connectivity index (χ0n) is 17.7. The maximum absolute atomic E-state index is 12.4. The molecule has 1 heterocycles. The number of benzene rings is 1. The van der Waals surface area contributed by atoms with Gasteiger partial charge in [-0.15, -0.1) is 0 Å². The van der Waals surface area contributed by atoms with Crippen molar-refractivity contribution in [1.29, 1.82) is 0 Å². The van der Waals surface area contributed by atoms with Crippen LogP contribution >= 0.6 is 11.8 Å². The predicted octanol–water partition coefficient (Wildman–Crippen LogP) is 2.12. The van der Waals surface area contributed by atoms with Crippen molar-refractivity contribution < 1.29 is 13.2 Å². The van der Waals surface area contributed by atoms with Gasteiger partial charge in [-0.05, 0) is 37.0 Å². The minimum atomic E-state index is -3.21. The normalized spacial score (nSPS) is 17.0. The fourth-order valence-corrected chi connectivity index (χ4v) is 5.55. The van der Waals surface area contributed by atoms with E-state index < -0.39 is 10.0 Å². The van der Waals surface area contributed by atoms with Gasteiger partial charge in [-0.3, -0.25) is 4.99 Å². The van der Waals surface area contributed by atoms with Gasteiger partial charge in [-0.25, -0.2) is 12.7 Å². The van der Waals surface area contributed by atoms with E-state index in [1.165, 1.54) is 5.56 Å². The van der Waals surface area contributed by atoms with E-state index in [9.17, 15) is 8.42 Å². The van der Waals surface area contributed by atoms with Gasteiger partial charge in [0.05, 0.1) is 12.9 Å². The van der Waals surface area contributed by atoms with Gasteiger partial charge in [0.1, 0.15) is 5.75 Å². The van der Waals surface area contributed by atoms with Gasteiger partial charge in [0, 0.05) is 44.2 Å². The molecular weight excluding hydrogens is 408 g/mol. The quantitative estimate of drug-likeness (QED) is 0.427. The van der Waals surface area contributed by atoms with Crippen LogP contribution in [0.25, 0.3) is 0 Å². The number of nitrogens with one attached hydrogen (secondary N) is 2. The molecule has 1 aliphatic heterocycles. The van der Waals surface area contributed by atoms with Crippen LogP contribution in [-0.4, -0.2) is 75.8 Å². The number of ether oxygens (including phenoxy) is 1. The van der Waals surface area contributed by atoms with Crippen LogP contribution in [0.5, 0.6) is 5.75 Å². The van der Waals surface area contributed by atoms with E-state index in [1.54, 1.807) is 23.2 Å². The lowest BCUT2D eigenvalue weighted by Gasteiger charge is -2.25. The third kappa shape index (κ3) is 8.06. The third-order valence-corrected chi connectivity index (χ3v) is 7.69. The molecule has 0 bridgehead atoms. The molecule has 0 spiro atoms. The van der Waals surface area contributed by atoms with Crippen LogP contribution in [0.4, 0.5) is 0 Å². The lowest BCUT2D eigenvalue weighted by atomic mass is 9.98. The van der Waals surface area contributed by atoms with Crippen molar-refractivity contribution in [3.05, 3.63) is 29.8 Å². The van der Waals surface area contributed by atoms with Crippen LogP contribution in [0.2, 0.25) is 0 Å². The molecule has 0 amide bonds. The average Bonchev–Trinajstić information content (AvgIpc) is 2.74. The Bertz CT molecular complexity index is 733. The van der Waals surface area contributed by atoms with Crippen molar-refractivity contribution in [1.82, 2.24) is 14.9 Å². The Morgan fingerprint density at radius 2 is 1.93 bits per heavy atom. The lowest BCUT2D eigenvalue weighted by Crippen LogP contribution is -2.44. The summed E-state index contributed by atoms with van der Waals surface area (Å²) in [6.45, 7) is 7.16. The highest BCUT2D eigenvalue weighted by molar-refractivity contribution is 7.99. The summed E-state index contributed by atoms with van der Waals surface area (Å²) in [5, 5.41) is 6.34. The minimum absolute atomic E-state index is 0.0876. The van der Waals surface area contributed by atoms with E-state index >= 15 is 0 Å². The summed E-state index contributed by atoms with van der Waals surface area (Å²) in [7, 11) is -1.54. The van der Waals surface area contributed by atoms with Gasteiger partial charge in [-0.2, -0.15) is 11.8 Å². The molecule has 7 nitrogen and oxygen atoms in total. The monoisotopic (exact) mass is 442 g/mol. The summed E-state index contributed by atoms with van der Waals surface area (Å²) in [5.74, 6) is 3.75. The smallest absolute Gasteiger partial charge is 0.215 e. The summed E-state index contributed by atoms with van der Waals surface area (Å²) in [6.07, 6.45) is 0.909. The standard InChI is InChI=1S/C20H34N4O3S2/c1-4-21-20(23-11-16-29(25,26)24-12-14-28-15-13-24)22-10-9-17(2)18-5-7-19(27-3)8-6-18/h5-8,17H,4,9-16H2,1-3H3,(H2,21,22,23). The molecule has 0 radical (unpaired) electrons. The Hall–Kier alpha value is -1.45. The molecule has 1 unspecified atom stereocenters. The second-order valence-corrected chi connectivity index (χ2v) is 10.3. The van der Waals surface area contributed by atoms with Crippen molar-refractivity contribution in [2.75, 3.05) is 57.1 Å². The molecule has 0 aromatic heterocycles. The van der Waals surface area contributed by atoms with Crippen LogP contribution in [0, 0.1) is 0 Å². The topological polar surface area (TPSA) is 83.0 Å². The van der Waals surface area contributed by atoms with Crippen molar-refractivity contribution in [2.45, 2.75) is 26.2 Å². The maximum Gasteiger partial charge on any atom is 0.215 e. The maximum atomic E-state index is 12.4. The molecule has 9 heteroatoms. The van der Waals surface area contributed by atoms with E-state index in [-0.39, 0.29) is 5.75 Å². The first-order valence-corrected chi connectivity index (χ1v) is 12.9. The molecule has 1 aromatic rings. The molecule has 29 heavy (non-hydrogen) atoms. The fourth-order valence-electron chi connectivity index (χ4n) is 3.06. The van der Waals surface area contributed by atoms with Crippen molar-refractivity contribution >= 4 is 27.7 Å². The number of aliphatic imine (C=N–C) groups is 1. The lowest BCUT2D eigenvalue weighted by molar-refractivity contribution is 0.414. The van der Waals surface area contributed by atoms with Crippen LogP contribution in [0.1, 0.15) is 31.7 Å². The van der Waals surface area contributed by atoms with Crippen LogP contribution in [0.3, 0.4) is 0 Å². The average molecular weight is 443 g/mol. The Morgan fingerprint density at radius 3 is 2.55 bits per heavy atom. The highest BCUT2D eigenvalue weighted by atomic mass is 32.2. The molecule has 1 atom stereocenters. The number of guanidine groups is 1. The first kappa shape index (κ1) is 23.8.